The Labute approximate surface area is 124 Å². The summed E-state index contributed by atoms with van der Waals surface area (Å²) in [6.45, 7) is 3.74. The van der Waals surface area contributed by atoms with Gasteiger partial charge in [-0.15, -0.1) is 0 Å². The molecule has 0 spiro atoms. The number of hydrogen-bond donors (Lipinski definition) is 0. The van der Waals surface area contributed by atoms with Crippen molar-refractivity contribution in [1.29, 1.82) is 5.26 Å². The second kappa shape index (κ2) is 5.84. The molecule has 1 aliphatic heterocycles. The van der Waals surface area contributed by atoms with Crippen molar-refractivity contribution in [2.24, 2.45) is 0 Å². The van der Waals surface area contributed by atoms with Crippen molar-refractivity contribution in [3.8, 4) is 11.8 Å². The van der Waals surface area contributed by atoms with Gasteiger partial charge in [0.15, 0.2) is 0 Å². The van der Waals surface area contributed by atoms with E-state index in [-0.39, 0.29) is 6.10 Å². The summed E-state index contributed by atoms with van der Waals surface area (Å²) in [4.78, 5) is 6.43. The minimum absolute atomic E-state index is 0.185. The second-order valence-electron chi connectivity index (χ2n) is 5.12. The van der Waals surface area contributed by atoms with Crippen LogP contribution in [0.15, 0.2) is 42.6 Å². The van der Waals surface area contributed by atoms with E-state index in [1.54, 1.807) is 12.3 Å². The van der Waals surface area contributed by atoms with E-state index in [0.717, 1.165) is 31.1 Å². The lowest BCUT2D eigenvalue weighted by Gasteiger charge is -2.40. The van der Waals surface area contributed by atoms with Crippen LogP contribution >= 0.6 is 0 Å². The highest BCUT2D eigenvalue weighted by atomic mass is 16.5. The molecule has 4 heteroatoms. The Morgan fingerprint density at radius 3 is 2.90 bits per heavy atom. The first-order valence-electron chi connectivity index (χ1n) is 7.16. The summed E-state index contributed by atoms with van der Waals surface area (Å²) in [7, 11) is 0. The van der Waals surface area contributed by atoms with Crippen LogP contribution in [0.2, 0.25) is 0 Å². The molecule has 0 N–H and O–H groups in total. The highest BCUT2D eigenvalue weighted by molar-refractivity contribution is 5.47. The van der Waals surface area contributed by atoms with E-state index in [2.05, 4.69) is 28.9 Å². The molecule has 1 fully saturated rings. The van der Waals surface area contributed by atoms with Crippen molar-refractivity contribution in [3.63, 3.8) is 0 Å². The van der Waals surface area contributed by atoms with Crippen molar-refractivity contribution >= 4 is 5.82 Å². The first kappa shape index (κ1) is 13.4. The molecule has 1 aliphatic rings. The highest BCUT2D eigenvalue weighted by Gasteiger charge is 2.30. The number of rotatable bonds is 4. The number of aryl methyl sites for hydroxylation is 1. The standard InChI is InChI=1S/C17H17N3O/c1-2-14-5-3-4-6-16(14)21-15-11-20(12-15)17-9-13(10-18)7-8-19-17/h3-9,15H,2,11-12H2,1H3. The van der Waals surface area contributed by atoms with Crippen LogP contribution in [0.5, 0.6) is 5.75 Å². The van der Waals surface area contributed by atoms with Crippen molar-refractivity contribution in [3.05, 3.63) is 53.7 Å². The van der Waals surface area contributed by atoms with Crippen LogP contribution in [0, 0.1) is 11.3 Å². The second-order valence-corrected chi connectivity index (χ2v) is 5.12. The maximum absolute atomic E-state index is 8.92. The summed E-state index contributed by atoms with van der Waals surface area (Å²) in [5, 5.41) is 8.92. The minimum atomic E-state index is 0.185. The Morgan fingerprint density at radius 1 is 1.33 bits per heavy atom. The molecule has 2 aromatic rings. The molecular formula is C17H17N3O. The van der Waals surface area contributed by atoms with Gasteiger partial charge in [-0.2, -0.15) is 5.26 Å². The molecular weight excluding hydrogens is 262 g/mol. The summed E-state index contributed by atoms with van der Waals surface area (Å²) in [6, 6.07) is 13.8. The largest absolute Gasteiger partial charge is 0.486 e. The zero-order valence-corrected chi connectivity index (χ0v) is 12.0. The lowest BCUT2D eigenvalue weighted by Crippen LogP contribution is -2.54. The lowest BCUT2D eigenvalue weighted by molar-refractivity contribution is 0.165. The van der Waals surface area contributed by atoms with Gasteiger partial charge in [-0.1, -0.05) is 25.1 Å². The summed E-state index contributed by atoms with van der Waals surface area (Å²) in [6.07, 6.45) is 2.83. The molecule has 0 radical (unpaired) electrons. The third-order valence-electron chi connectivity index (χ3n) is 3.69. The number of aromatic nitrogens is 1. The zero-order chi connectivity index (χ0) is 14.7. The smallest absolute Gasteiger partial charge is 0.134 e. The number of nitriles is 1. The van der Waals surface area contributed by atoms with Crippen molar-refractivity contribution in [1.82, 2.24) is 4.98 Å². The topological polar surface area (TPSA) is 49.1 Å². The van der Waals surface area contributed by atoms with Crippen LogP contribution in [0.4, 0.5) is 5.82 Å². The Morgan fingerprint density at radius 2 is 2.14 bits per heavy atom. The Bertz CT molecular complexity index is 672. The van der Waals surface area contributed by atoms with Crippen LogP contribution in [0.25, 0.3) is 0 Å². The molecule has 21 heavy (non-hydrogen) atoms. The SMILES string of the molecule is CCc1ccccc1OC1CN(c2cc(C#N)ccn2)C1. The van der Waals surface area contributed by atoms with E-state index in [1.807, 2.05) is 24.3 Å². The molecule has 1 aromatic heterocycles. The first-order valence-corrected chi connectivity index (χ1v) is 7.16. The predicted octanol–water partition coefficient (Wildman–Crippen LogP) is 2.78. The normalized spacial score (nSPS) is 14.4. The van der Waals surface area contributed by atoms with Gasteiger partial charge in [0.25, 0.3) is 0 Å². The third-order valence-corrected chi connectivity index (χ3v) is 3.69. The number of anilines is 1. The summed E-state index contributed by atoms with van der Waals surface area (Å²) in [5.41, 5.74) is 1.88. The summed E-state index contributed by atoms with van der Waals surface area (Å²) in [5.74, 6) is 1.82. The molecule has 1 saturated heterocycles. The summed E-state index contributed by atoms with van der Waals surface area (Å²) < 4.78 is 6.05. The van der Waals surface area contributed by atoms with E-state index in [0.29, 0.717) is 5.56 Å². The number of pyridine rings is 1. The number of benzene rings is 1. The minimum Gasteiger partial charge on any atom is -0.486 e. The van der Waals surface area contributed by atoms with Crippen molar-refractivity contribution in [2.45, 2.75) is 19.4 Å². The van der Waals surface area contributed by atoms with Gasteiger partial charge in [0, 0.05) is 6.20 Å². The zero-order valence-electron chi connectivity index (χ0n) is 12.0. The molecule has 106 valence electrons. The molecule has 0 aliphatic carbocycles. The van der Waals surface area contributed by atoms with Gasteiger partial charge in [-0.25, -0.2) is 4.98 Å². The Balaban J connectivity index is 1.62. The van der Waals surface area contributed by atoms with E-state index in [9.17, 15) is 0 Å². The number of para-hydroxylation sites is 1. The van der Waals surface area contributed by atoms with Crippen molar-refractivity contribution in [2.75, 3.05) is 18.0 Å². The number of hydrogen-bond acceptors (Lipinski definition) is 4. The average Bonchev–Trinajstić information content (AvgIpc) is 2.50. The average molecular weight is 279 g/mol. The fourth-order valence-corrected chi connectivity index (χ4v) is 2.45. The number of ether oxygens (including phenoxy) is 1. The quantitative estimate of drug-likeness (QED) is 0.863. The molecule has 0 amide bonds. The van der Waals surface area contributed by atoms with Crippen LogP contribution < -0.4 is 9.64 Å². The molecule has 0 bridgehead atoms. The van der Waals surface area contributed by atoms with Crippen LogP contribution in [-0.4, -0.2) is 24.2 Å². The monoisotopic (exact) mass is 279 g/mol. The van der Waals surface area contributed by atoms with E-state index in [4.69, 9.17) is 10.00 Å². The molecule has 0 unspecified atom stereocenters. The van der Waals surface area contributed by atoms with Crippen LogP contribution in [0.1, 0.15) is 18.1 Å². The maximum atomic E-state index is 8.92. The van der Waals surface area contributed by atoms with Gasteiger partial charge in [0.2, 0.25) is 0 Å². The van der Waals surface area contributed by atoms with Crippen LogP contribution in [0.3, 0.4) is 0 Å². The fourth-order valence-electron chi connectivity index (χ4n) is 2.45. The predicted molar refractivity (Wildman–Crippen MR) is 81.4 cm³/mol. The van der Waals surface area contributed by atoms with Gasteiger partial charge >= 0.3 is 0 Å². The molecule has 2 heterocycles. The molecule has 1 aromatic carbocycles. The Hall–Kier alpha value is -2.54. The van der Waals surface area contributed by atoms with Gasteiger partial charge in [-0.05, 0) is 30.2 Å². The molecule has 3 rings (SSSR count). The molecule has 0 saturated carbocycles. The Kier molecular flexibility index (Phi) is 3.74. The highest BCUT2D eigenvalue weighted by Crippen LogP contribution is 2.25. The number of nitrogens with zero attached hydrogens (tertiary/aromatic N) is 3. The van der Waals surface area contributed by atoms with Gasteiger partial charge in [-0.3, -0.25) is 0 Å². The van der Waals surface area contributed by atoms with Gasteiger partial charge in [0.1, 0.15) is 17.7 Å². The molecule has 4 nitrogen and oxygen atoms in total. The maximum Gasteiger partial charge on any atom is 0.134 e. The van der Waals surface area contributed by atoms with Gasteiger partial charge < -0.3 is 9.64 Å². The van der Waals surface area contributed by atoms with E-state index < -0.39 is 0 Å². The van der Waals surface area contributed by atoms with E-state index >= 15 is 0 Å². The summed E-state index contributed by atoms with van der Waals surface area (Å²) >= 11 is 0. The first-order chi connectivity index (χ1) is 10.3. The van der Waals surface area contributed by atoms with Gasteiger partial charge in [0.05, 0.1) is 24.7 Å². The van der Waals surface area contributed by atoms with E-state index in [1.165, 1.54) is 5.56 Å². The lowest BCUT2D eigenvalue weighted by atomic mass is 10.1. The van der Waals surface area contributed by atoms with Crippen LogP contribution in [-0.2, 0) is 6.42 Å². The third kappa shape index (κ3) is 2.82. The molecule has 0 atom stereocenters. The fraction of sp³-hybridized carbons (Fsp3) is 0.294. The van der Waals surface area contributed by atoms with Crippen molar-refractivity contribution < 1.29 is 4.74 Å².